The van der Waals surface area contributed by atoms with Crippen LogP contribution in [0.4, 0.5) is 17.1 Å². The van der Waals surface area contributed by atoms with Gasteiger partial charge in [-0.05, 0) is 98.6 Å². The summed E-state index contributed by atoms with van der Waals surface area (Å²) in [6, 6.07) is 60.8. The van der Waals surface area contributed by atoms with Crippen LogP contribution in [-0.2, 0) is 10.8 Å². The Labute approximate surface area is 336 Å². The molecule has 0 saturated heterocycles. The van der Waals surface area contributed by atoms with Crippen molar-refractivity contribution in [3.8, 4) is 33.4 Å². The largest absolute Gasteiger partial charge is 0.455 e. The van der Waals surface area contributed by atoms with Crippen molar-refractivity contribution in [1.29, 1.82) is 0 Å². The zero-order valence-corrected chi connectivity index (χ0v) is 33.2. The van der Waals surface area contributed by atoms with Crippen LogP contribution in [0.25, 0.3) is 75.5 Å². The van der Waals surface area contributed by atoms with E-state index in [1.165, 1.54) is 81.2 Å². The molecule has 0 bridgehead atoms. The molecule has 0 unspecified atom stereocenters. The second kappa shape index (κ2) is 11.6. The minimum atomic E-state index is -0.167. The van der Waals surface area contributed by atoms with Gasteiger partial charge in [0.15, 0.2) is 0 Å². The molecule has 12 rings (SSSR count). The maximum absolute atomic E-state index is 6.71. The number of benzene rings is 8. The maximum atomic E-state index is 6.71. The number of fused-ring (bicyclic) bond motifs is 13. The Hall–Kier alpha value is -6.42. The first-order valence-electron chi connectivity index (χ1n) is 19.9. The maximum Gasteiger partial charge on any atom is 0.143 e. The summed E-state index contributed by atoms with van der Waals surface area (Å²) in [7, 11) is 0. The lowest BCUT2D eigenvalue weighted by Gasteiger charge is -2.29. The Bertz CT molecular complexity index is 3300. The number of hydrogen-bond donors (Lipinski definition) is 0. The van der Waals surface area contributed by atoms with Crippen LogP contribution in [0.2, 0.25) is 0 Å². The Morgan fingerprint density at radius 3 is 1.95 bits per heavy atom. The lowest BCUT2D eigenvalue weighted by molar-refractivity contribution is 0.653. The monoisotopic (exact) mass is 749 g/mol. The van der Waals surface area contributed by atoms with Crippen LogP contribution in [-0.4, -0.2) is 0 Å². The van der Waals surface area contributed by atoms with Gasteiger partial charge in [0, 0.05) is 64.4 Å². The van der Waals surface area contributed by atoms with Crippen molar-refractivity contribution in [2.45, 2.75) is 38.5 Å². The Morgan fingerprint density at radius 1 is 0.439 bits per heavy atom. The van der Waals surface area contributed by atoms with Gasteiger partial charge in [-0.3, -0.25) is 0 Å². The van der Waals surface area contributed by atoms with Crippen LogP contribution in [0.3, 0.4) is 0 Å². The molecule has 8 aromatic carbocycles. The quantitative estimate of drug-likeness (QED) is 0.178. The number of rotatable bonds is 4. The summed E-state index contributed by atoms with van der Waals surface area (Å²) in [4.78, 5) is 2.45. The van der Waals surface area contributed by atoms with E-state index < -0.39 is 0 Å². The molecular formula is C54H39NOS. The third kappa shape index (κ3) is 4.52. The predicted molar refractivity (Wildman–Crippen MR) is 242 cm³/mol. The topological polar surface area (TPSA) is 16.4 Å². The molecule has 0 atom stereocenters. The molecule has 0 radical (unpaired) electrons. The fourth-order valence-corrected chi connectivity index (χ4v) is 11.4. The number of nitrogens with zero attached hydrogens (tertiary/aromatic N) is 1. The summed E-state index contributed by atoms with van der Waals surface area (Å²) in [5.41, 5.74) is 18.0. The molecule has 0 amide bonds. The molecular weight excluding hydrogens is 711 g/mol. The van der Waals surface area contributed by atoms with E-state index in [9.17, 15) is 0 Å². The van der Waals surface area contributed by atoms with Gasteiger partial charge in [-0.15, -0.1) is 11.3 Å². The second-order valence-electron chi connectivity index (χ2n) is 16.9. The summed E-state index contributed by atoms with van der Waals surface area (Å²) in [5.74, 6) is 0. The molecule has 0 fully saturated rings. The van der Waals surface area contributed by atoms with E-state index >= 15 is 0 Å². The predicted octanol–water partition coefficient (Wildman–Crippen LogP) is 15.7. The number of thiophene rings is 1. The van der Waals surface area contributed by atoms with Crippen LogP contribution < -0.4 is 4.90 Å². The summed E-state index contributed by atoms with van der Waals surface area (Å²) >= 11 is 1.88. The van der Waals surface area contributed by atoms with Gasteiger partial charge in [-0.2, -0.15) is 0 Å². The normalized spacial score (nSPS) is 14.6. The third-order valence-electron chi connectivity index (χ3n) is 13.1. The van der Waals surface area contributed by atoms with Gasteiger partial charge in [-0.25, -0.2) is 0 Å². The first-order chi connectivity index (χ1) is 27.8. The van der Waals surface area contributed by atoms with Crippen LogP contribution in [0.5, 0.6) is 0 Å². The van der Waals surface area contributed by atoms with Gasteiger partial charge in [0.1, 0.15) is 11.2 Å². The minimum Gasteiger partial charge on any atom is -0.455 e. The lowest BCUT2D eigenvalue weighted by atomic mass is 9.82. The Balaban J connectivity index is 1.05. The zero-order valence-electron chi connectivity index (χ0n) is 32.4. The minimum absolute atomic E-state index is 0.117. The molecule has 57 heavy (non-hydrogen) atoms. The molecule has 272 valence electrons. The molecule has 3 heteroatoms. The van der Waals surface area contributed by atoms with Crippen molar-refractivity contribution in [1.82, 2.24) is 0 Å². The highest BCUT2D eigenvalue weighted by molar-refractivity contribution is 7.26. The number of anilines is 3. The van der Waals surface area contributed by atoms with Gasteiger partial charge in [-0.1, -0.05) is 143 Å². The summed E-state index contributed by atoms with van der Waals surface area (Å²) < 4.78 is 9.37. The molecule has 10 aromatic rings. The van der Waals surface area contributed by atoms with Crippen molar-refractivity contribution in [2.24, 2.45) is 0 Å². The molecule has 2 aliphatic carbocycles. The Morgan fingerprint density at radius 2 is 1.07 bits per heavy atom. The first kappa shape index (κ1) is 32.8. The van der Waals surface area contributed by atoms with E-state index in [0.717, 1.165) is 33.6 Å². The standard InChI is InChI=1S/C54H39NOS/c1-53(2)45-28-25-34(30-43(45)50-46(53)29-27-41-39-13-6-9-18-48(39)56-51(41)50)55(35-24-26-38-37-12-5-8-17-44(37)54(3,4)47(38)31-35)33-22-20-32(21-23-33)36-15-11-16-42-40-14-7-10-19-49(40)57-52(36)42/h5-31H,1-4H3. The van der Waals surface area contributed by atoms with Gasteiger partial charge in [0.25, 0.3) is 0 Å². The highest BCUT2D eigenvalue weighted by atomic mass is 32.1. The molecule has 0 spiro atoms. The summed E-state index contributed by atoms with van der Waals surface area (Å²) in [5, 5.41) is 4.97. The lowest BCUT2D eigenvalue weighted by Crippen LogP contribution is -2.17. The highest BCUT2D eigenvalue weighted by Crippen LogP contribution is 2.55. The molecule has 0 saturated carbocycles. The van der Waals surface area contributed by atoms with Crippen molar-refractivity contribution in [3.05, 3.63) is 186 Å². The number of para-hydroxylation sites is 1. The highest BCUT2D eigenvalue weighted by Gasteiger charge is 2.39. The van der Waals surface area contributed by atoms with Crippen molar-refractivity contribution in [2.75, 3.05) is 4.90 Å². The second-order valence-corrected chi connectivity index (χ2v) is 17.9. The van der Waals surface area contributed by atoms with Crippen molar-refractivity contribution in [3.63, 3.8) is 0 Å². The smallest absolute Gasteiger partial charge is 0.143 e. The fourth-order valence-electron chi connectivity index (χ4n) is 10.2. The first-order valence-corrected chi connectivity index (χ1v) is 20.7. The van der Waals surface area contributed by atoms with Crippen molar-refractivity contribution >= 4 is 70.5 Å². The van der Waals surface area contributed by atoms with E-state index in [1.807, 2.05) is 11.3 Å². The molecule has 0 aliphatic heterocycles. The zero-order chi connectivity index (χ0) is 38.2. The van der Waals surface area contributed by atoms with E-state index in [1.54, 1.807) is 0 Å². The summed E-state index contributed by atoms with van der Waals surface area (Å²) in [6.45, 7) is 9.42. The SMILES string of the molecule is CC1(C)c2ccccc2-c2ccc(N(c3ccc(-c4cccc5c4sc4ccccc45)cc3)c3ccc4c(c3)-c3c(ccc5c3oc3ccccc35)C4(C)C)cc21. The summed E-state index contributed by atoms with van der Waals surface area (Å²) in [6.07, 6.45) is 0. The van der Waals surface area contributed by atoms with E-state index in [-0.39, 0.29) is 10.8 Å². The number of hydrogen-bond acceptors (Lipinski definition) is 3. The van der Waals surface area contributed by atoms with Crippen molar-refractivity contribution < 1.29 is 4.42 Å². The van der Waals surface area contributed by atoms with Gasteiger partial charge >= 0.3 is 0 Å². The van der Waals surface area contributed by atoms with E-state index in [0.29, 0.717) is 0 Å². The Kier molecular flexibility index (Phi) is 6.65. The number of furan rings is 1. The van der Waals surface area contributed by atoms with Crippen LogP contribution >= 0.6 is 11.3 Å². The molecule has 2 heterocycles. The average Bonchev–Trinajstić information content (AvgIpc) is 3.94. The average molecular weight is 750 g/mol. The molecule has 2 aromatic heterocycles. The third-order valence-corrected chi connectivity index (χ3v) is 14.3. The van der Waals surface area contributed by atoms with Crippen LogP contribution in [0.1, 0.15) is 49.9 Å². The van der Waals surface area contributed by atoms with Crippen LogP contribution in [0.15, 0.2) is 168 Å². The molecule has 2 aliphatic rings. The van der Waals surface area contributed by atoms with E-state index in [2.05, 4.69) is 196 Å². The van der Waals surface area contributed by atoms with Crippen LogP contribution in [0, 0.1) is 0 Å². The van der Waals surface area contributed by atoms with Gasteiger partial charge in [0.2, 0.25) is 0 Å². The van der Waals surface area contributed by atoms with Gasteiger partial charge in [0.05, 0.1) is 0 Å². The molecule has 0 N–H and O–H groups in total. The van der Waals surface area contributed by atoms with E-state index in [4.69, 9.17) is 4.42 Å². The fraction of sp³-hybridized carbons (Fsp3) is 0.111. The molecule has 2 nitrogen and oxygen atoms in total. The van der Waals surface area contributed by atoms with Gasteiger partial charge < -0.3 is 9.32 Å².